The van der Waals surface area contributed by atoms with Crippen LogP contribution in [-0.2, 0) is 16.6 Å². The second kappa shape index (κ2) is 7.75. The molecular weight excluding hydrogens is 483 g/mol. The zero-order valence-electron chi connectivity index (χ0n) is 15.5. The number of nitrogens with zero attached hydrogens (tertiary/aromatic N) is 2. The van der Waals surface area contributed by atoms with E-state index in [1.165, 1.54) is 32.4 Å². The minimum absolute atomic E-state index is 0.444. The second-order valence-electron chi connectivity index (χ2n) is 6.83. The lowest BCUT2D eigenvalue weighted by atomic mass is 10.2. The Morgan fingerprint density at radius 1 is 0.857 bits per heavy atom. The van der Waals surface area contributed by atoms with E-state index in [4.69, 9.17) is 0 Å². The van der Waals surface area contributed by atoms with Crippen molar-refractivity contribution in [3.8, 4) is 0 Å². The quantitative estimate of drug-likeness (QED) is 0.337. The number of halogens is 1. The number of rotatable bonds is 6. The van der Waals surface area contributed by atoms with Crippen molar-refractivity contribution in [1.82, 2.24) is 4.57 Å². The maximum atomic E-state index is 12.4. The Balaban J connectivity index is 1.65. The maximum Gasteiger partial charge on any atom is 0.232 e. The van der Waals surface area contributed by atoms with Gasteiger partial charge in [-0.15, -0.1) is 0 Å². The summed E-state index contributed by atoms with van der Waals surface area (Å²) in [5, 5.41) is 2.46. The maximum absolute atomic E-state index is 12.4. The summed E-state index contributed by atoms with van der Waals surface area (Å²) in [5.41, 5.74) is 3.11. The topological polar surface area (TPSA) is 42.3 Å². The average Bonchev–Trinajstić information content (AvgIpc) is 2.99. The number of sulfonamides is 1. The van der Waals surface area contributed by atoms with Crippen molar-refractivity contribution in [3.63, 3.8) is 0 Å². The standard InChI is InChI=1S/C22H21IN2O2S/c1-28(26,27)25(22-14-7-4-11-19(22)23)16-8-15-24-20-12-5-2-9-17(20)18-10-3-6-13-21(18)24/h2-7,9-14H,8,15-16H2,1H3. The summed E-state index contributed by atoms with van der Waals surface area (Å²) in [6, 6.07) is 24.3. The molecule has 6 heteroatoms. The van der Waals surface area contributed by atoms with Crippen molar-refractivity contribution in [1.29, 1.82) is 0 Å². The number of fused-ring (bicyclic) bond motifs is 3. The number of aryl methyl sites for hydroxylation is 1. The Bertz CT molecular complexity index is 1190. The van der Waals surface area contributed by atoms with Crippen LogP contribution in [0.3, 0.4) is 0 Å². The van der Waals surface area contributed by atoms with Crippen LogP contribution in [0.25, 0.3) is 21.8 Å². The van der Waals surface area contributed by atoms with Gasteiger partial charge in [-0.25, -0.2) is 8.42 Å². The molecule has 0 N–H and O–H groups in total. The van der Waals surface area contributed by atoms with E-state index in [1.807, 2.05) is 36.4 Å². The van der Waals surface area contributed by atoms with Crippen LogP contribution >= 0.6 is 22.6 Å². The molecule has 0 amide bonds. The first-order valence-electron chi connectivity index (χ1n) is 9.15. The molecule has 0 saturated carbocycles. The van der Waals surface area contributed by atoms with Crippen LogP contribution in [0, 0.1) is 3.57 Å². The van der Waals surface area contributed by atoms with Crippen molar-refractivity contribution >= 4 is 60.1 Å². The van der Waals surface area contributed by atoms with Gasteiger partial charge in [0.2, 0.25) is 10.0 Å². The Hall–Kier alpha value is -2.06. The zero-order chi connectivity index (χ0) is 19.7. The highest BCUT2D eigenvalue weighted by atomic mass is 127. The molecule has 0 aliphatic carbocycles. The molecule has 0 aliphatic heterocycles. The number of aromatic nitrogens is 1. The third-order valence-electron chi connectivity index (χ3n) is 4.94. The fourth-order valence-electron chi connectivity index (χ4n) is 3.74. The van der Waals surface area contributed by atoms with E-state index in [0.29, 0.717) is 6.54 Å². The molecule has 4 rings (SSSR count). The predicted molar refractivity (Wildman–Crippen MR) is 125 cm³/mol. The lowest BCUT2D eigenvalue weighted by Gasteiger charge is -2.23. The Morgan fingerprint density at radius 3 is 1.96 bits per heavy atom. The van der Waals surface area contributed by atoms with Gasteiger partial charge < -0.3 is 4.57 Å². The SMILES string of the molecule is CS(=O)(=O)N(CCCn1c2ccccc2c2ccccc21)c1ccccc1I. The van der Waals surface area contributed by atoms with Crippen LogP contribution in [0.4, 0.5) is 5.69 Å². The van der Waals surface area contributed by atoms with Crippen molar-refractivity contribution in [2.75, 3.05) is 17.1 Å². The summed E-state index contributed by atoms with van der Waals surface area (Å²) < 4.78 is 29.6. The van der Waals surface area contributed by atoms with Gasteiger partial charge in [0, 0.05) is 38.5 Å². The van der Waals surface area contributed by atoms with Crippen molar-refractivity contribution in [2.24, 2.45) is 0 Å². The fraction of sp³-hybridized carbons (Fsp3) is 0.182. The summed E-state index contributed by atoms with van der Waals surface area (Å²) in [4.78, 5) is 0. The van der Waals surface area contributed by atoms with Crippen molar-refractivity contribution in [2.45, 2.75) is 13.0 Å². The van der Waals surface area contributed by atoms with Crippen molar-refractivity contribution in [3.05, 3.63) is 76.4 Å². The van der Waals surface area contributed by atoms with E-state index in [2.05, 4.69) is 63.6 Å². The lowest BCUT2D eigenvalue weighted by molar-refractivity contribution is 0.591. The van der Waals surface area contributed by atoms with Gasteiger partial charge in [-0.1, -0.05) is 48.5 Å². The number of hydrogen-bond acceptors (Lipinski definition) is 2. The van der Waals surface area contributed by atoms with Crippen LogP contribution in [-0.4, -0.2) is 25.8 Å². The zero-order valence-corrected chi connectivity index (χ0v) is 18.5. The largest absolute Gasteiger partial charge is 0.340 e. The highest BCUT2D eigenvalue weighted by molar-refractivity contribution is 14.1. The molecule has 0 radical (unpaired) electrons. The molecule has 3 aromatic carbocycles. The van der Waals surface area contributed by atoms with E-state index in [1.54, 1.807) is 0 Å². The van der Waals surface area contributed by atoms with Gasteiger partial charge in [-0.3, -0.25) is 4.31 Å². The molecule has 0 spiro atoms. The summed E-state index contributed by atoms with van der Waals surface area (Å²) in [7, 11) is -3.35. The van der Waals surface area contributed by atoms with E-state index in [0.717, 1.165) is 22.2 Å². The summed E-state index contributed by atoms with van der Waals surface area (Å²) in [6.07, 6.45) is 2.00. The Labute approximate surface area is 179 Å². The first-order valence-corrected chi connectivity index (χ1v) is 12.1. The highest BCUT2D eigenvalue weighted by Crippen LogP contribution is 2.29. The van der Waals surface area contributed by atoms with Crippen LogP contribution in [0.15, 0.2) is 72.8 Å². The van der Waals surface area contributed by atoms with E-state index in [-0.39, 0.29) is 0 Å². The predicted octanol–water partition coefficient (Wildman–Crippen LogP) is 5.26. The normalized spacial score (nSPS) is 11.9. The number of benzene rings is 3. The molecule has 4 aromatic rings. The van der Waals surface area contributed by atoms with Gasteiger partial charge in [0.25, 0.3) is 0 Å². The Kier molecular flexibility index (Phi) is 5.33. The molecular formula is C22H21IN2O2S. The van der Waals surface area contributed by atoms with E-state index in [9.17, 15) is 8.42 Å². The number of anilines is 1. The summed E-state index contributed by atoms with van der Waals surface area (Å²) >= 11 is 2.19. The average molecular weight is 504 g/mol. The smallest absolute Gasteiger partial charge is 0.232 e. The Morgan fingerprint density at radius 2 is 1.39 bits per heavy atom. The number of para-hydroxylation sites is 3. The summed E-state index contributed by atoms with van der Waals surface area (Å²) in [6.45, 7) is 1.20. The minimum Gasteiger partial charge on any atom is -0.340 e. The molecule has 28 heavy (non-hydrogen) atoms. The minimum atomic E-state index is -3.35. The first kappa shape index (κ1) is 19.3. The molecule has 0 unspecified atom stereocenters. The first-order chi connectivity index (χ1) is 13.5. The molecule has 0 aliphatic rings. The molecule has 0 saturated heterocycles. The van der Waals surface area contributed by atoms with E-state index >= 15 is 0 Å². The van der Waals surface area contributed by atoms with Gasteiger partial charge in [-0.05, 0) is 53.3 Å². The third-order valence-corrected chi connectivity index (χ3v) is 7.04. The van der Waals surface area contributed by atoms with Gasteiger partial charge in [-0.2, -0.15) is 0 Å². The molecule has 1 heterocycles. The van der Waals surface area contributed by atoms with Crippen LogP contribution in [0.2, 0.25) is 0 Å². The fourth-order valence-corrected chi connectivity index (χ4v) is 5.56. The third kappa shape index (κ3) is 3.63. The van der Waals surface area contributed by atoms with Gasteiger partial charge >= 0.3 is 0 Å². The van der Waals surface area contributed by atoms with Crippen molar-refractivity contribution < 1.29 is 8.42 Å². The van der Waals surface area contributed by atoms with Gasteiger partial charge in [0.05, 0.1) is 11.9 Å². The molecule has 0 bridgehead atoms. The van der Waals surface area contributed by atoms with Gasteiger partial charge in [0.15, 0.2) is 0 Å². The molecule has 0 fully saturated rings. The van der Waals surface area contributed by atoms with Crippen LogP contribution in [0.5, 0.6) is 0 Å². The molecule has 144 valence electrons. The van der Waals surface area contributed by atoms with Gasteiger partial charge in [0.1, 0.15) is 0 Å². The van der Waals surface area contributed by atoms with E-state index < -0.39 is 10.0 Å². The van der Waals surface area contributed by atoms with Crippen LogP contribution < -0.4 is 4.31 Å². The monoisotopic (exact) mass is 504 g/mol. The van der Waals surface area contributed by atoms with Crippen LogP contribution in [0.1, 0.15) is 6.42 Å². The molecule has 4 nitrogen and oxygen atoms in total. The number of hydrogen-bond donors (Lipinski definition) is 0. The summed E-state index contributed by atoms with van der Waals surface area (Å²) in [5.74, 6) is 0. The lowest BCUT2D eigenvalue weighted by Crippen LogP contribution is -2.32. The highest BCUT2D eigenvalue weighted by Gasteiger charge is 2.19. The molecule has 1 aromatic heterocycles. The second-order valence-corrected chi connectivity index (χ2v) is 9.90. The molecule has 0 atom stereocenters.